The molecule has 2 atom stereocenters. The van der Waals surface area contributed by atoms with Crippen molar-refractivity contribution in [2.75, 3.05) is 19.0 Å². The number of hydrogen-bond donors (Lipinski definition) is 2. The van der Waals surface area contributed by atoms with Crippen molar-refractivity contribution >= 4 is 23.5 Å². The SMILES string of the molecule is CCOc1ncccc1C1(C(C(=O)O)C(=O)OC)C(=O)Nc2ccc(C#N)c(C)c21. The Kier molecular flexibility index (Phi) is 5.43. The summed E-state index contributed by atoms with van der Waals surface area (Å²) in [4.78, 5) is 42.7. The average Bonchev–Trinajstić information content (AvgIpc) is 3.02. The molecule has 0 aliphatic carbocycles. The summed E-state index contributed by atoms with van der Waals surface area (Å²) >= 11 is 0. The molecule has 1 aliphatic heterocycles. The number of methoxy groups -OCH3 is 1. The minimum atomic E-state index is -2.05. The van der Waals surface area contributed by atoms with E-state index < -0.39 is 29.2 Å². The minimum Gasteiger partial charge on any atom is -0.481 e. The van der Waals surface area contributed by atoms with E-state index in [4.69, 9.17) is 9.47 Å². The summed E-state index contributed by atoms with van der Waals surface area (Å²) in [5.41, 5.74) is -0.833. The number of pyridine rings is 1. The Labute approximate surface area is 172 Å². The molecule has 9 heteroatoms. The van der Waals surface area contributed by atoms with Gasteiger partial charge in [0.25, 0.3) is 0 Å². The lowest BCUT2D eigenvalue weighted by Crippen LogP contribution is -2.51. The molecule has 154 valence electrons. The second-order valence-electron chi connectivity index (χ2n) is 6.62. The first-order valence-corrected chi connectivity index (χ1v) is 9.09. The first kappa shape index (κ1) is 20.8. The lowest BCUT2D eigenvalue weighted by Gasteiger charge is -2.34. The molecule has 1 aliphatic rings. The zero-order valence-corrected chi connectivity index (χ0v) is 16.6. The van der Waals surface area contributed by atoms with Crippen molar-refractivity contribution in [3.05, 3.63) is 52.7 Å². The quantitative estimate of drug-likeness (QED) is 0.544. The lowest BCUT2D eigenvalue weighted by atomic mass is 9.65. The molecule has 0 spiro atoms. The number of fused-ring (bicyclic) bond motifs is 1. The van der Waals surface area contributed by atoms with Crippen LogP contribution in [0.1, 0.15) is 29.2 Å². The summed E-state index contributed by atoms with van der Waals surface area (Å²) in [6.07, 6.45) is 1.43. The Bertz CT molecular complexity index is 1090. The van der Waals surface area contributed by atoms with Gasteiger partial charge < -0.3 is 19.9 Å². The highest BCUT2D eigenvalue weighted by molar-refractivity contribution is 6.16. The Morgan fingerprint density at radius 2 is 2.10 bits per heavy atom. The van der Waals surface area contributed by atoms with Gasteiger partial charge in [-0.2, -0.15) is 5.26 Å². The first-order valence-electron chi connectivity index (χ1n) is 9.09. The number of aliphatic carboxylic acids is 1. The molecule has 0 bridgehead atoms. The van der Waals surface area contributed by atoms with Crippen molar-refractivity contribution in [2.45, 2.75) is 19.3 Å². The van der Waals surface area contributed by atoms with Gasteiger partial charge in [0.15, 0.2) is 5.92 Å². The van der Waals surface area contributed by atoms with Crippen LogP contribution in [0.5, 0.6) is 5.88 Å². The number of carbonyl (C=O) groups excluding carboxylic acids is 2. The van der Waals surface area contributed by atoms with E-state index in [0.717, 1.165) is 7.11 Å². The maximum absolute atomic E-state index is 13.5. The van der Waals surface area contributed by atoms with Crippen LogP contribution in [0.4, 0.5) is 5.69 Å². The number of anilines is 1. The van der Waals surface area contributed by atoms with Gasteiger partial charge in [-0.25, -0.2) is 4.98 Å². The Balaban J connectivity index is 2.52. The number of nitrogens with zero attached hydrogens (tertiary/aromatic N) is 2. The Morgan fingerprint density at radius 1 is 1.37 bits per heavy atom. The van der Waals surface area contributed by atoms with E-state index in [1.807, 2.05) is 6.07 Å². The summed E-state index contributed by atoms with van der Waals surface area (Å²) in [5, 5.41) is 22.2. The number of ether oxygens (including phenoxy) is 2. The predicted molar refractivity (Wildman–Crippen MR) is 104 cm³/mol. The molecular formula is C21H19N3O6. The van der Waals surface area contributed by atoms with Crippen LogP contribution < -0.4 is 10.1 Å². The van der Waals surface area contributed by atoms with Crippen LogP contribution in [0, 0.1) is 24.2 Å². The number of carboxylic acids is 1. The zero-order valence-electron chi connectivity index (χ0n) is 16.6. The number of nitriles is 1. The summed E-state index contributed by atoms with van der Waals surface area (Å²) in [6.45, 7) is 3.50. The molecule has 2 heterocycles. The summed E-state index contributed by atoms with van der Waals surface area (Å²) < 4.78 is 10.3. The van der Waals surface area contributed by atoms with Crippen molar-refractivity contribution in [1.82, 2.24) is 4.98 Å². The molecule has 1 aromatic heterocycles. The number of benzene rings is 1. The van der Waals surface area contributed by atoms with Gasteiger partial charge in [-0.1, -0.05) is 6.07 Å². The van der Waals surface area contributed by atoms with Gasteiger partial charge in [0.1, 0.15) is 5.41 Å². The van der Waals surface area contributed by atoms with Crippen molar-refractivity contribution in [3.8, 4) is 11.9 Å². The predicted octanol–water partition coefficient (Wildman–Crippen LogP) is 1.77. The number of rotatable bonds is 6. The fourth-order valence-corrected chi connectivity index (χ4v) is 3.99. The molecule has 9 nitrogen and oxygen atoms in total. The van der Waals surface area contributed by atoms with Crippen LogP contribution in [0.2, 0.25) is 0 Å². The van der Waals surface area contributed by atoms with Gasteiger partial charge >= 0.3 is 11.9 Å². The Hall–Kier alpha value is -3.93. The number of esters is 1. The summed E-state index contributed by atoms with van der Waals surface area (Å²) in [7, 11) is 1.05. The maximum atomic E-state index is 13.5. The molecule has 3 rings (SSSR count). The molecule has 2 unspecified atom stereocenters. The number of carbonyl (C=O) groups is 3. The number of aromatic nitrogens is 1. The molecule has 0 saturated heterocycles. The van der Waals surface area contributed by atoms with E-state index in [1.165, 1.54) is 30.5 Å². The van der Waals surface area contributed by atoms with Gasteiger partial charge in [0, 0.05) is 23.0 Å². The van der Waals surface area contributed by atoms with Crippen LogP contribution in [-0.4, -0.2) is 41.7 Å². The van der Waals surface area contributed by atoms with Gasteiger partial charge in [0.05, 0.1) is 25.3 Å². The monoisotopic (exact) mass is 409 g/mol. The van der Waals surface area contributed by atoms with Crippen LogP contribution in [-0.2, 0) is 24.5 Å². The number of carboxylic acid groups (broad SMARTS) is 1. The molecule has 1 aromatic carbocycles. The van der Waals surface area contributed by atoms with Gasteiger partial charge in [-0.15, -0.1) is 0 Å². The zero-order chi connectivity index (χ0) is 22.1. The van der Waals surface area contributed by atoms with Crippen molar-refractivity contribution in [1.29, 1.82) is 5.26 Å². The standard InChI is InChI=1S/C21H19N3O6/c1-4-30-17-13(6-5-9-23-17)21(16(18(25)26)19(27)29-3)15-11(2)12(10-22)7-8-14(15)24-20(21)28/h5-9,16H,4H2,1-3H3,(H,24,28)(H,25,26). The van der Waals surface area contributed by atoms with Gasteiger partial charge in [-0.05, 0) is 37.6 Å². The van der Waals surface area contributed by atoms with Crippen molar-refractivity contribution in [3.63, 3.8) is 0 Å². The highest BCUT2D eigenvalue weighted by Crippen LogP contribution is 2.52. The van der Waals surface area contributed by atoms with Crippen molar-refractivity contribution < 1.29 is 29.0 Å². The number of amides is 1. The first-order chi connectivity index (χ1) is 14.3. The molecule has 30 heavy (non-hydrogen) atoms. The van der Waals surface area contributed by atoms with Crippen LogP contribution >= 0.6 is 0 Å². The van der Waals surface area contributed by atoms with E-state index in [0.29, 0.717) is 11.3 Å². The highest BCUT2D eigenvalue weighted by atomic mass is 16.5. The largest absolute Gasteiger partial charge is 0.481 e. The molecule has 2 aromatic rings. The number of nitrogens with one attached hydrogen (secondary N) is 1. The molecule has 2 N–H and O–H groups in total. The molecule has 0 radical (unpaired) electrons. The van der Waals surface area contributed by atoms with Gasteiger partial charge in [0.2, 0.25) is 11.8 Å². The molecule has 1 amide bonds. The van der Waals surface area contributed by atoms with E-state index in [1.54, 1.807) is 13.8 Å². The van der Waals surface area contributed by atoms with Crippen molar-refractivity contribution in [2.24, 2.45) is 5.92 Å². The van der Waals surface area contributed by atoms with Crippen LogP contribution in [0.3, 0.4) is 0 Å². The third-order valence-electron chi connectivity index (χ3n) is 5.18. The average molecular weight is 409 g/mol. The summed E-state index contributed by atoms with van der Waals surface area (Å²) in [5.74, 6) is -5.35. The summed E-state index contributed by atoms with van der Waals surface area (Å²) in [6, 6.07) is 8.07. The smallest absolute Gasteiger partial charge is 0.321 e. The molecule has 0 fully saturated rings. The second kappa shape index (κ2) is 7.83. The Morgan fingerprint density at radius 3 is 2.70 bits per heavy atom. The van der Waals surface area contributed by atoms with E-state index in [9.17, 15) is 24.8 Å². The second-order valence-corrected chi connectivity index (χ2v) is 6.62. The van der Waals surface area contributed by atoms with Gasteiger partial charge in [-0.3, -0.25) is 14.4 Å². The maximum Gasteiger partial charge on any atom is 0.321 e. The minimum absolute atomic E-state index is 0.0138. The number of hydrogen-bond acceptors (Lipinski definition) is 7. The third-order valence-corrected chi connectivity index (χ3v) is 5.18. The van der Waals surface area contributed by atoms with E-state index >= 15 is 0 Å². The fraction of sp³-hybridized carbons (Fsp3) is 0.286. The fourth-order valence-electron chi connectivity index (χ4n) is 3.99. The van der Waals surface area contributed by atoms with Crippen LogP contribution in [0.15, 0.2) is 30.5 Å². The molecule has 0 saturated carbocycles. The third kappa shape index (κ3) is 2.85. The molecular weight excluding hydrogens is 390 g/mol. The van der Waals surface area contributed by atoms with E-state index in [-0.39, 0.29) is 29.2 Å². The normalized spacial score (nSPS) is 18.0. The van der Waals surface area contributed by atoms with E-state index in [2.05, 4.69) is 10.3 Å². The highest BCUT2D eigenvalue weighted by Gasteiger charge is 2.62. The van der Waals surface area contributed by atoms with Crippen LogP contribution in [0.25, 0.3) is 0 Å². The lowest BCUT2D eigenvalue weighted by molar-refractivity contribution is -0.161. The topological polar surface area (TPSA) is 139 Å².